The lowest BCUT2D eigenvalue weighted by Crippen LogP contribution is -2.18. The van der Waals surface area contributed by atoms with Crippen LogP contribution in [0, 0.1) is 0 Å². The summed E-state index contributed by atoms with van der Waals surface area (Å²) in [4.78, 5) is 15.6. The van der Waals surface area contributed by atoms with Crippen molar-refractivity contribution >= 4 is 22.5 Å². The van der Waals surface area contributed by atoms with Crippen molar-refractivity contribution in [3.8, 4) is 10.4 Å². The average molecular weight is 219 g/mol. The van der Waals surface area contributed by atoms with E-state index in [9.17, 15) is 4.79 Å². The van der Waals surface area contributed by atoms with Crippen LogP contribution in [-0.4, -0.2) is 11.0 Å². The molecule has 0 radical (unpaired) electrons. The first-order valence-corrected chi connectivity index (χ1v) is 5.15. The number of carbonyl (C=O) groups excluding carboxylic acids is 1. The minimum Gasteiger partial charge on any atom is -0.351 e. The van der Waals surface area contributed by atoms with Gasteiger partial charge in [-0.2, -0.15) is 0 Å². The van der Waals surface area contributed by atoms with Crippen LogP contribution in [-0.2, 0) is 0 Å². The van der Waals surface area contributed by atoms with Crippen LogP contribution < -0.4 is 11.1 Å². The number of primary amides is 1. The third-order valence-electron chi connectivity index (χ3n) is 1.79. The number of thiazole rings is 1. The highest BCUT2D eigenvalue weighted by molar-refractivity contribution is 7.19. The molecule has 2 rings (SSSR count). The normalized spacial score (nSPS) is 9.87. The quantitative estimate of drug-likeness (QED) is 0.813. The molecule has 1 aromatic heterocycles. The first-order chi connectivity index (χ1) is 7.25. The first-order valence-electron chi connectivity index (χ1n) is 4.33. The molecular weight excluding hydrogens is 210 g/mol. The molecule has 76 valence electrons. The van der Waals surface area contributed by atoms with Gasteiger partial charge in [-0.3, -0.25) is 5.32 Å². The van der Waals surface area contributed by atoms with Crippen molar-refractivity contribution in [2.45, 2.75) is 0 Å². The zero-order valence-corrected chi connectivity index (χ0v) is 8.62. The van der Waals surface area contributed by atoms with Crippen molar-refractivity contribution < 1.29 is 4.79 Å². The summed E-state index contributed by atoms with van der Waals surface area (Å²) in [5.41, 5.74) is 6.07. The third kappa shape index (κ3) is 2.32. The van der Waals surface area contributed by atoms with Crippen molar-refractivity contribution in [1.29, 1.82) is 0 Å². The van der Waals surface area contributed by atoms with Crippen LogP contribution in [0.4, 0.5) is 9.93 Å². The molecule has 0 aliphatic rings. The second-order valence-corrected chi connectivity index (χ2v) is 3.92. The molecule has 0 saturated carbocycles. The molecule has 0 fully saturated rings. The van der Waals surface area contributed by atoms with E-state index < -0.39 is 6.03 Å². The Morgan fingerprint density at radius 3 is 2.73 bits per heavy atom. The number of amides is 2. The zero-order chi connectivity index (χ0) is 10.7. The van der Waals surface area contributed by atoms with Crippen molar-refractivity contribution in [2.24, 2.45) is 5.73 Å². The molecule has 0 unspecified atom stereocenters. The van der Waals surface area contributed by atoms with Gasteiger partial charge in [-0.25, -0.2) is 9.78 Å². The fourth-order valence-electron chi connectivity index (χ4n) is 1.17. The number of nitrogens with two attached hydrogens (primary N) is 1. The molecule has 5 heteroatoms. The van der Waals surface area contributed by atoms with Gasteiger partial charge in [0.05, 0.1) is 4.88 Å². The number of urea groups is 1. The van der Waals surface area contributed by atoms with Crippen LogP contribution in [0.25, 0.3) is 10.4 Å². The van der Waals surface area contributed by atoms with Gasteiger partial charge in [-0.1, -0.05) is 41.7 Å². The highest BCUT2D eigenvalue weighted by atomic mass is 32.1. The van der Waals surface area contributed by atoms with E-state index in [1.165, 1.54) is 11.3 Å². The third-order valence-corrected chi connectivity index (χ3v) is 2.76. The van der Waals surface area contributed by atoms with Crippen LogP contribution in [0.2, 0.25) is 0 Å². The summed E-state index contributed by atoms with van der Waals surface area (Å²) in [6, 6.07) is 9.24. The predicted molar refractivity (Wildman–Crippen MR) is 60.8 cm³/mol. The average Bonchev–Trinajstić information content (AvgIpc) is 2.67. The van der Waals surface area contributed by atoms with Crippen molar-refractivity contribution in [2.75, 3.05) is 5.32 Å². The van der Waals surface area contributed by atoms with E-state index in [4.69, 9.17) is 5.73 Å². The minimum absolute atomic E-state index is 0.515. The number of nitrogens with zero attached hydrogens (tertiary/aromatic N) is 1. The van der Waals surface area contributed by atoms with Crippen molar-refractivity contribution in [3.05, 3.63) is 36.5 Å². The first kappa shape index (κ1) is 9.67. The molecule has 2 aromatic rings. The smallest absolute Gasteiger partial charge is 0.318 e. The Bertz CT molecular complexity index is 467. The van der Waals surface area contributed by atoms with Gasteiger partial charge in [0.15, 0.2) is 5.13 Å². The molecule has 0 saturated heterocycles. The van der Waals surface area contributed by atoms with Gasteiger partial charge < -0.3 is 5.73 Å². The molecule has 15 heavy (non-hydrogen) atoms. The summed E-state index contributed by atoms with van der Waals surface area (Å²) < 4.78 is 0. The molecule has 1 aromatic carbocycles. The topological polar surface area (TPSA) is 68.0 Å². The van der Waals surface area contributed by atoms with E-state index in [0.29, 0.717) is 5.13 Å². The second kappa shape index (κ2) is 4.10. The Hall–Kier alpha value is -1.88. The lowest BCUT2D eigenvalue weighted by Gasteiger charge is -1.94. The number of hydrogen-bond acceptors (Lipinski definition) is 3. The van der Waals surface area contributed by atoms with Gasteiger partial charge in [-0.05, 0) is 5.56 Å². The highest BCUT2D eigenvalue weighted by Crippen LogP contribution is 2.28. The molecule has 0 atom stereocenters. The Labute approximate surface area is 90.8 Å². The summed E-state index contributed by atoms with van der Waals surface area (Å²) in [7, 11) is 0. The maximum Gasteiger partial charge on any atom is 0.318 e. The van der Waals surface area contributed by atoms with Crippen LogP contribution in [0.1, 0.15) is 0 Å². The molecule has 0 aliphatic heterocycles. The van der Waals surface area contributed by atoms with Crippen LogP contribution in [0.3, 0.4) is 0 Å². The number of aromatic nitrogens is 1. The number of benzene rings is 1. The molecule has 2 amide bonds. The van der Waals surface area contributed by atoms with Crippen LogP contribution in [0.15, 0.2) is 36.5 Å². The second-order valence-electron chi connectivity index (χ2n) is 2.88. The monoisotopic (exact) mass is 219 g/mol. The van der Waals surface area contributed by atoms with Gasteiger partial charge in [-0.15, -0.1) is 0 Å². The van der Waals surface area contributed by atoms with Gasteiger partial charge in [0.25, 0.3) is 0 Å². The Kier molecular flexibility index (Phi) is 2.64. The number of hydrogen-bond donors (Lipinski definition) is 2. The van der Waals surface area contributed by atoms with E-state index in [1.54, 1.807) is 6.20 Å². The lowest BCUT2D eigenvalue weighted by atomic mass is 10.2. The summed E-state index contributed by atoms with van der Waals surface area (Å²) in [6.45, 7) is 0. The summed E-state index contributed by atoms with van der Waals surface area (Å²) in [5, 5.41) is 2.96. The molecule has 0 aliphatic carbocycles. The Morgan fingerprint density at radius 2 is 2.07 bits per heavy atom. The minimum atomic E-state index is -0.594. The molecule has 4 nitrogen and oxygen atoms in total. The van der Waals surface area contributed by atoms with E-state index in [-0.39, 0.29) is 0 Å². The van der Waals surface area contributed by atoms with E-state index in [0.717, 1.165) is 10.4 Å². The molecular formula is C10H9N3OS. The highest BCUT2D eigenvalue weighted by Gasteiger charge is 2.04. The Balaban J connectivity index is 2.24. The summed E-state index contributed by atoms with van der Waals surface area (Å²) >= 11 is 1.39. The maximum absolute atomic E-state index is 10.6. The zero-order valence-electron chi connectivity index (χ0n) is 7.81. The number of carbonyl (C=O) groups is 1. The van der Waals surface area contributed by atoms with Crippen LogP contribution >= 0.6 is 11.3 Å². The van der Waals surface area contributed by atoms with E-state index >= 15 is 0 Å². The Morgan fingerprint density at radius 1 is 1.33 bits per heavy atom. The molecule has 1 heterocycles. The van der Waals surface area contributed by atoms with Crippen molar-refractivity contribution in [3.63, 3.8) is 0 Å². The van der Waals surface area contributed by atoms with Crippen molar-refractivity contribution in [1.82, 2.24) is 4.98 Å². The summed E-state index contributed by atoms with van der Waals surface area (Å²) in [5.74, 6) is 0. The maximum atomic E-state index is 10.6. The fraction of sp³-hybridized carbons (Fsp3) is 0. The number of anilines is 1. The van der Waals surface area contributed by atoms with Gasteiger partial charge in [0, 0.05) is 6.20 Å². The standard InChI is InChI=1S/C10H9N3OS/c11-9(14)13-10-12-6-8(15-10)7-4-2-1-3-5-7/h1-6H,(H3,11,12,13,14). The largest absolute Gasteiger partial charge is 0.351 e. The summed E-state index contributed by atoms with van der Waals surface area (Å²) in [6.07, 6.45) is 1.71. The van der Waals surface area contributed by atoms with Gasteiger partial charge in [0.2, 0.25) is 0 Å². The SMILES string of the molecule is NC(=O)Nc1ncc(-c2ccccc2)s1. The number of rotatable bonds is 2. The number of nitrogens with one attached hydrogen (secondary N) is 1. The predicted octanol–water partition coefficient (Wildman–Crippen LogP) is 2.30. The molecule has 3 N–H and O–H groups in total. The molecule has 0 bridgehead atoms. The fourth-order valence-corrected chi connectivity index (χ4v) is 2.00. The van der Waals surface area contributed by atoms with Crippen LogP contribution in [0.5, 0.6) is 0 Å². The van der Waals surface area contributed by atoms with Gasteiger partial charge >= 0.3 is 6.03 Å². The lowest BCUT2D eigenvalue weighted by molar-refractivity contribution is 0.259. The van der Waals surface area contributed by atoms with E-state index in [1.807, 2.05) is 30.3 Å². The van der Waals surface area contributed by atoms with E-state index in [2.05, 4.69) is 10.3 Å². The van der Waals surface area contributed by atoms with Gasteiger partial charge in [0.1, 0.15) is 0 Å². The molecule has 0 spiro atoms.